The van der Waals surface area contributed by atoms with Crippen molar-refractivity contribution in [3.05, 3.63) is 59.8 Å². The van der Waals surface area contributed by atoms with Crippen molar-refractivity contribution >= 4 is 5.82 Å². The molecule has 0 bridgehead atoms. The van der Waals surface area contributed by atoms with Crippen molar-refractivity contribution in [2.45, 2.75) is 44.6 Å². The maximum Gasteiger partial charge on any atom is 0.128 e. The van der Waals surface area contributed by atoms with Gasteiger partial charge in [0.1, 0.15) is 11.4 Å². The van der Waals surface area contributed by atoms with Gasteiger partial charge in [0.2, 0.25) is 0 Å². The molecule has 2 saturated heterocycles. The number of benzene rings is 1. The van der Waals surface area contributed by atoms with Crippen LogP contribution in [0.3, 0.4) is 0 Å². The fraction of sp³-hybridized carbons (Fsp3) is 0.500. The molecule has 6 nitrogen and oxygen atoms in total. The number of pyridine rings is 1. The third kappa shape index (κ3) is 6.08. The molecule has 1 aromatic carbocycles. The van der Waals surface area contributed by atoms with Gasteiger partial charge in [0.05, 0.1) is 6.10 Å². The zero-order valence-electron chi connectivity index (χ0n) is 19.1. The molecule has 2 aliphatic heterocycles. The molecular formula is C26H34N4O2. The Balaban J connectivity index is 1.26. The van der Waals surface area contributed by atoms with E-state index in [1.807, 2.05) is 30.5 Å². The van der Waals surface area contributed by atoms with Crippen LogP contribution in [0.25, 0.3) is 0 Å². The molecule has 170 valence electrons. The van der Waals surface area contributed by atoms with Crippen LogP contribution >= 0.6 is 0 Å². The van der Waals surface area contributed by atoms with Gasteiger partial charge >= 0.3 is 0 Å². The summed E-state index contributed by atoms with van der Waals surface area (Å²) < 4.78 is 0. The third-order valence-corrected chi connectivity index (χ3v) is 6.26. The van der Waals surface area contributed by atoms with Crippen molar-refractivity contribution < 1.29 is 10.2 Å². The van der Waals surface area contributed by atoms with Crippen LogP contribution in [0, 0.1) is 11.8 Å². The third-order valence-electron chi connectivity index (χ3n) is 6.26. The molecule has 0 aliphatic carbocycles. The van der Waals surface area contributed by atoms with Crippen molar-refractivity contribution in [2.75, 3.05) is 44.2 Å². The van der Waals surface area contributed by atoms with E-state index < -0.39 is 5.60 Å². The van der Waals surface area contributed by atoms with Crippen LogP contribution < -0.4 is 4.90 Å². The number of hydrogen-bond donors (Lipinski definition) is 2. The fourth-order valence-electron chi connectivity index (χ4n) is 4.55. The molecule has 32 heavy (non-hydrogen) atoms. The zero-order chi connectivity index (χ0) is 22.6. The monoisotopic (exact) mass is 434 g/mol. The number of aliphatic hydroxyl groups excluding tert-OH is 1. The molecule has 2 atom stereocenters. The van der Waals surface area contributed by atoms with E-state index in [0.29, 0.717) is 6.54 Å². The molecule has 2 aromatic rings. The molecule has 2 fully saturated rings. The number of rotatable bonds is 4. The van der Waals surface area contributed by atoms with Gasteiger partial charge in [0, 0.05) is 63.6 Å². The molecule has 6 heteroatoms. The molecular weight excluding hydrogens is 400 g/mol. The van der Waals surface area contributed by atoms with Crippen LogP contribution in [0.15, 0.2) is 48.7 Å². The summed E-state index contributed by atoms with van der Waals surface area (Å²) in [5.74, 6) is 6.90. The Morgan fingerprint density at radius 3 is 2.41 bits per heavy atom. The summed E-state index contributed by atoms with van der Waals surface area (Å²) >= 11 is 0. The number of β-amino-alcohol motifs (C(OH)–C–C–N with tert-alkyl or cyclic N) is 1. The Bertz CT molecular complexity index is 922. The summed E-state index contributed by atoms with van der Waals surface area (Å²) in [5, 5.41) is 20.6. The van der Waals surface area contributed by atoms with Crippen molar-refractivity contribution in [1.29, 1.82) is 0 Å². The predicted molar refractivity (Wildman–Crippen MR) is 127 cm³/mol. The lowest BCUT2D eigenvalue weighted by atomic mass is 9.98. The van der Waals surface area contributed by atoms with Gasteiger partial charge in [-0.15, -0.1) is 0 Å². The van der Waals surface area contributed by atoms with E-state index in [1.165, 1.54) is 5.56 Å². The second-order valence-electron chi connectivity index (χ2n) is 9.38. The Morgan fingerprint density at radius 2 is 1.78 bits per heavy atom. The quantitative estimate of drug-likeness (QED) is 0.718. The second-order valence-corrected chi connectivity index (χ2v) is 9.38. The second kappa shape index (κ2) is 10.0. The van der Waals surface area contributed by atoms with E-state index in [1.54, 1.807) is 13.8 Å². The Hall–Kier alpha value is -2.43. The van der Waals surface area contributed by atoms with Crippen LogP contribution in [0.1, 0.15) is 31.4 Å². The van der Waals surface area contributed by atoms with E-state index in [9.17, 15) is 10.2 Å². The largest absolute Gasteiger partial charge is 0.390 e. The van der Waals surface area contributed by atoms with Gasteiger partial charge in [-0.05, 0) is 50.1 Å². The zero-order valence-corrected chi connectivity index (χ0v) is 19.1. The highest BCUT2D eigenvalue weighted by molar-refractivity contribution is 5.38. The number of aliphatic hydroxyl groups is 2. The van der Waals surface area contributed by atoms with Gasteiger partial charge < -0.3 is 15.1 Å². The summed E-state index contributed by atoms with van der Waals surface area (Å²) in [6.07, 6.45) is 2.50. The predicted octanol–water partition coefficient (Wildman–Crippen LogP) is 1.96. The summed E-state index contributed by atoms with van der Waals surface area (Å²) in [4.78, 5) is 11.6. The first-order valence-electron chi connectivity index (χ1n) is 11.5. The van der Waals surface area contributed by atoms with Crippen LogP contribution in [0.4, 0.5) is 5.82 Å². The smallest absolute Gasteiger partial charge is 0.128 e. The number of nitrogens with zero attached hydrogens (tertiary/aromatic N) is 4. The fourth-order valence-corrected chi connectivity index (χ4v) is 4.55. The number of piperazine rings is 1. The molecule has 0 spiro atoms. The van der Waals surface area contributed by atoms with E-state index in [2.05, 4.69) is 49.7 Å². The van der Waals surface area contributed by atoms with Crippen molar-refractivity contribution in [1.82, 2.24) is 14.8 Å². The van der Waals surface area contributed by atoms with E-state index in [-0.39, 0.29) is 12.1 Å². The molecule has 3 heterocycles. The number of aromatic nitrogens is 1. The minimum Gasteiger partial charge on any atom is -0.390 e. The van der Waals surface area contributed by atoms with Crippen molar-refractivity contribution in [3.8, 4) is 11.8 Å². The maximum absolute atomic E-state index is 10.9. The van der Waals surface area contributed by atoms with Crippen LogP contribution in [0.2, 0.25) is 0 Å². The Kier molecular flexibility index (Phi) is 7.12. The number of anilines is 1. The van der Waals surface area contributed by atoms with Crippen LogP contribution in [0.5, 0.6) is 0 Å². The summed E-state index contributed by atoms with van der Waals surface area (Å²) in [7, 11) is 0. The molecule has 0 amide bonds. The highest BCUT2D eigenvalue weighted by Crippen LogP contribution is 2.22. The van der Waals surface area contributed by atoms with Gasteiger partial charge in [0.15, 0.2) is 0 Å². The van der Waals surface area contributed by atoms with Crippen LogP contribution in [-0.4, -0.2) is 82.0 Å². The first-order valence-corrected chi connectivity index (χ1v) is 11.5. The first kappa shape index (κ1) is 22.8. The van der Waals surface area contributed by atoms with E-state index >= 15 is 0 Å². The van der Waals surface area contributed by atoms with Crippen molar-refractivity contribution in [3.63, 3.8) is 0 Å². The van der Waals surface area contributed by atoms with E-state index in [0.717, 1.165) is 57.1 Å². The van der Waals surface area contributed by atoms with Gasteiger partial charge in [-0.1, -0.05) is 30.0 Å². The van der Waals surface area contributed by atoms with Gasteiger partial charge in [-0.2, -0.15) is 0 Å². The van der Waals surface area contributed by atoms with Crippen molar-refractivity contribution in [2.24, 2.45) is 0 Å². The topological polar surface area (TPSA) is 63.1 Å². The average Bonchev–Trinajstić information content (AvgIpc) is 2.79. The Labute approximate surface area is 191 Å². The number of hydrogen-bond acceptors (Lipinski definition) is 6. The lowest BCUT2D eigenvalue weighted by molar-refractivity contribution is -0.0172. The Morgan fingerprint density at radius 1 is 1.03 bits per heavy atom. The van der Waals surface area contributed by atoms with Crippen LogP contribution in [-0.2, 0) is 6.54 Å². The molecule has 2 N–H and O–H groups in total. The number of piperidine rings is 1. The summed E-state index contributed by atoms with van der Waals surface area (Å²) in [6, 6.07) is 14.5. The molecule has 1 aromatic heterocycles. The molecule has 0 saturated carbocycles. The minimum atomic E-state index is -0.982. The molecule has 2 aliphatic rings. The number of likely N-dealkylation sites (tertiary alicyclic amines) is 1. The van der Waals surface area contributed by atoms with Gasteiger partial charge in [0.25, 0.3) is 0 Å². The molecule has 0 radical (unpaired) electrons. The highest BCUT2D eigenvalue weighted by Gasteiger charge is 2.33. The highest BCUT2D eigenvalue weighted by atomic mass is 16.3. The first-order chi connectivity index (χ1) is 15.4. The van der Waals surface area contributed by atoms with Gasteiger partial charge in [-0.3, -0.25) is 9.80 Å². The average molecular weight is 435 g/mol. The lowest BCUT2D eigenvalue weighted by Gasteiger charge is -2.45. The summed E-state index contributed by atoms with van der Waals surface area (Å²) in [5.41, 5.74) is 1.14. The lowest BCUT2D eigenvalue weighted by Crippen LogP contribution is -2.58. The van der Waals surface area contributed by atoms with Gasteiger partial charge in [-0.25, -0.2) is 4.98 Å². The standard InChI is InChI=1S/C26H34N4O2/c1-26(2,32)12-10-21-6-8-22(9-7-21)19-28-14-11-23(24(31)20-28)29-15-17-30(18-16-29)25-5-3-4-13-27-25/h3-9,13,23-24,31-32H,11,14-20H2,1-2H3/t23-,24-/m1/s1. The maximum atomic E-state index is 10.9. The van der Waals surface area contributed by atoms with E-state index in [4.69, 9.17) is 0 Å². The molecule has 4 rings (SSSR count). The normalized spacial score (nSPS) is 22.9. The molecule has 0 unspecified atom stereocenters. The summed E-state index contributed by atoms with van der Waals surface area (Å²) in [6.45, 7) is 9.72. The minimum absolute atomic E-state index is 0.233. The SMILES string of the molecule is CC(C)(O)C#Cc1ccc(CN2CC[C@@H](N3CCN(c4ccccn4)CC3)[C@H](O)C2)cc1.